The molecule has 4 heterocycles. The minimum atomic E-state index is -0.501. The molecule has 0 aromatic carbocycles. The van der Waals surface area contributed by atoms with Crippen molar-refractivity contribution < 1.29 is 19.0 Å². The van der Waals surface area contributed by atoms with Crippen LogP contribution in [0.3, 0.4) is 0 Å². The van der Waals surface area contributed by atoms with E-state index >= 15 is 0 Å². The van der Waals surface area contributed by atoms with Gasteiger partial charge >= 0.3 is 5.97 Å². The number of pyridine rings is 1. The Kier molecular flexibility index (Phi) is 2.77. The number of esters is 1. The lowest BCUT2D eigenvalue weighted by atomic mass is 9.79. The zero-order valence-corrected chi connectivity index (χ0v) is 14.0. The fourth-order valence-electron chi connectivity index (χ4n) is 5.40. The Morgan fingerprint density at radius 1 is 1.42 bits per heavy atom. The van der Waals surface area contributed by atoms with Gasteiger partial charge in [0, 0.05) is 24.1 Å². The third-order valence-corrected chi connectivity index (χ3v) is 6.50. The Morgan fingerprint density at radius 3 is 3.12 bits per heavy atom. The normalized spacial score (nSPS) is 41.8. The quantitative estimate of drug-likeness (QED) is 0.798. The van der Waals surface area contributed by atoms with Crippen molar-refractivity contribution in [2.75, 3.05) is 7.11 Å². The van der Waals surface area contributed by atoms with Crippen LogP contribution >= 0.6 is 0 Å². The molecule has 5 heteroatoms. The van der Waals surface area contributed by atoms with Gasteiger partial charge in [0.1, 0.15) is 11.7 Å². The lowest BCUT2D eigenvalue weighted by Gasteiger charge is -2.41. The maximum Gasteiger partial charge on any atom is 0.337 e. The molecule has 2 bridgehead atoms. The third-order valence-electron chi connectivity index (χ3n) is 6.50. The third kappa shape index (κ3) is 1.59. The number of ether oxygens (including phenoxy) is 3. The first-order chi connectivity index (χ1) is 11.6. The van der Waals surface area contributed by atoms with Gasteiger partial charge in [-0.25, -0.2) is 9.78 Å². The molecule has 1 aliphatic carbocycles. The molecular formula is C19H21NO4. The van der Waals surface area contributed by atoms with E-state index in [0.717, 1.165) is 36.8 Å². The van der Waals surface area contributed by atoms with Gasteiger partial charge in [-0.2, -0.15) is 0 Å². The lowest BCUT2D eigenvalue weighted by Crippen LogP contribution is -2.49. The molecule has 0 radical (unpaired) electrons. The summed E-state index contributed by atoms with van der Waals surface area (Å²) in [7, 11) is 1.65. The van der Waals surface area contributed by atoms with Gasteiger partial charge in [-0.05, 0) is 31.2 Å². The first-order valence-corrected chi connectivity index (χ1v) is 8.70. The van der Waals surface area contributed by atoms with Gasteiger partial charge in [0.25, 0.3) is 0 Å². The van der Waals surface area contributed by atoms with Gasteiger partial charge < -0.3 is 14.2 Å². The van der Waals surface area contributed by atoms with Crippen LogP contribution in [0.2, 0.25) is 0 Å². The summed E-state index contributed by atoms with van der Waals surface area (Å²) in [5.41, 5.74) is 1.02. The van der Waals surface area contributed by atoms with E-state index in [0.29, 0.717) is 11.8 Å². The largest absolute Gasteiger partial charge is 0.481 e. The van der Waals surface area contributed by atoms with E-state index in [1.54, 1.807) is 13.3 Å². The van der Waals surface area contributed by atoms with Crippen molar-refractivity contribution in [1.82, 2.24) is 4.98 Å². The zero-order valence-electron chi connectivity index (χ0n) is 14.0. The minimum absolute atomic E-state index is 0.105. The second kappa shape index (κ2) is 4.60. The molecular weight excluding hydrogens is 306 g/mol. The van der Waals surface area contributed by atoms with Crippen LogP contribution in [0.4, 0.5) is 0 Å². The van der Waals surface area contributed by atoms with E-state index in [2.05, 4.69) is 24.1 Å². The molecule has 126 valence electrons. The SMILES string of the molecule is COc1ncccc1CC12CC3CC[C@H]4OC(=O)C(=C[C@H]1C)[C@@]34O2. The lowest BCUT2D eigenvalue weighted by molar-refractivity contribution is -0.149. The number of nitrogens with zero attached hydrogens (tertiary/aromatic N) is 1. The smallest absolute Gasteiger partial charge is 0.337 e. The van der Waals surface area contributed by atoms with Crippen LogP contribution in [-0.4, -0.2) is 35.4 Å². The first-order valence-electron chi connectivity index (χ1n) is 8.70. The van der Waals surface area contributed by atoms with Crippen molar-refractivity contribution in [2.24, 2.45) is 11.8 Å². The van der Waals surface area contributed by atoms with Gasteiger partial charge in [0.2, 0.25) is 5.88 Å². The molecule has 1 aromatic rings. The molecule has 5 nitrogen and oxygen atoms in total. The Balaban J connectivity index is 1.59. The zero-order chi connectivity index (χ0) is 16.5. The molecule has 1 aromatic heterocycles. The minimum Gasteiger partial charge on any atom is -0.481 e. The maximum absolute atomic E-state index is 12.3. The van der Waals surface area contributed by atoms with Crippen molar-refractivity contribution in [1.29, 1.82) is 0 Å². The molecule has 0 amide bonds. The number of carbonyl (C=O) groups is 1. The van der Waals surface area contributed by atoms with Crippen LogP contribution < -0.4 is 4.74 Å². The predicted octanol–water partition coefficient (Wildman–Crippen LogP) is 2.44. The van der Waals surface area contributed by atoms with Crippen LogP contribution in [0.15, 0.2) is 30.0 Å². The number of rotatable bonds is 3. The van der Waals surface area contributed by atoms with E-state index in [-0.39, 0.29) is 23.6 Å². The van der Waals surface area contributed by atoms with Gasteiger partial charge in [-0.1, -0.05) is 19.1 Å². The average Bonchev–Trinajstić information content (AvgIpc) is 3.12. The summed E-state index contributed by atoms with van der Waals surface area (Å²) in [4.78, 5) is 16.6. The Bertz CT molecular complexity index is 759. The highest BCUT2D eigenvalue weighted by atomic mass is 16.6. The molecule has 1 spiro atoms. The van der Waals surface area contributed by atoms with E-state index < -0.39 is 5.60 Å². The monoisotopic (exact) mass is 327 g/mol. The van der Waals surface area contributed by atoms with Crippen LogP contribution in [0, 0.1) is 11.8 Å². The van der Waals surface area contributed by atoms with Crippen LogP contribution in [0.5, 0.6) is 5.88 Å². The van der Waals surface area contributed by atoms with Crippen LogP contribution in [0.1, 0.15) is 31.7 Å². The van der Waals surface area contributed by atoms with Crippen LogP contribution in [0.25, 0.3) is 0 Å². The Hall–Kier alpha value is -1.88. The van der Waals surface area contributed by atoms with Crippen molar-refractivity contribution in [3.8, 4) is 5.88 Å². The van der Waals surface area contributed by atoms with Crippen LogP contribution in [-0.2, 0) is 20.7 Å². The molecule has 0 N–H and O–H groups in total. The molecule has 4 aliphatic rings. The van der Waals surface area contributed by atoms with E-state index in [4.69, 9.17) is 14.2 Å². The number of methoxy groups -OCH3 is 1. The van der Waals surface area contributed by atoms with Crippen molar-refractivity contribution in [3.63, 3.8) is 0 Å². The summed E-state index contributed by atoms with van der Waals surface area (Å²) in [5.74, 6) is 1.00. The van der Waals surface area contributed by atoms with Crippen molar-refractivity contribution in [3.05, 3.63) is 35.5 Å². The second-order valence-electron chi connectivity index (χ2n) is 7.55. The number of aromatic nitrogens is 1. The Morgan fingerprint density at radius 2 is 2.29 bits per heavy atom. The van der Waals surface area contributed by atoms with Gasteiger partial charge in [0.15, 0.2) is 0 Å². The summed E-state index contributed by atoms with van der Waals surface area (Å²) in [6, 6.07) is 3.98. The summed E-state index contributed by atoms with van der Waals surface area (Å²) < 4.78 is 17.8. The van der Waals surface area contributed by atoms with Crippen molar-refractivity contribution >= 4 is 5.97 Å². The van der Waals surface area contributed by atoms with E-state index in [1.807, 2.05) is 6.07 Å². The second-order valence-corrected chi connectivity index (χ2v) is 7.55. The predicted molar refractivity (Wildman–Crippen MR) is 85.5 cm³/mol. The standard InChI is InChI=1S/C19H21NO4/c1-11-8-14-17(21)23-15-6-5-13-10-18(11,24-19(13,14)15)9-12-4-3-7-20-16(12)22-2/h3-4,7-8,11,13,15H,5-6,9-10H2,1-2H3/t11-,13?,15-,18?,19+/m1/s1. The summed E-state index contributed by atoms with van der Waals surface area (Å²) in [5, 5.41) is 0. The van der Waals surface area contributed by atoms with Gasteiger partial charge in [0.05, 0.1) is 18.3 Å². The maximum atomic E-state index is 12.3. The first kappa shape index (κ1) is 14.5. The number of hydrogen-bond acceptors (Lipinski definition) is 5. The van der Waals surface area contributed by atoms with Gasteiger partial charge in [-0.3, -0.25) is 0 Å². The van der Waals surface area contributed by atoms with E-state index in [1.165, 1.54) is 0 Å². The highest BCUT2D eigenvalue weighted by Crippen LogP contribution is 2.64. The molecule has 5 atom stereocenters. The highest BCUT2D eigenvalue weighted by molar-refractivity contribution is 5.94. The molecule has 5 rings (SSSR count). The topological polar surface area (TPSA) is 57.7 Å². The average molecular weight is 327 g/mol. The molecule has 1 saturated carbocycles. The molecule has 3 aliphatic heterocycles. The van der Waals surface area contributed by atoms with E-state index in [9.17, 15) is 4.79 Å². The fourth-order valence-corrected chi connectivity index (χ4v) is 5.40. The molecule has 3 fully saturated rings. The van der Waals surface area contributed by atoms with Crippen molar-refractivity contribution in [2.45, 2.75) is 49.9 Å². The number of carbonyl (C=O) groups excluding carboxylic acids is 1. The number of hydrogen-bond donors (Lipinski definition) is 0. The highest BCUT2D eigenvalue weighted by Gasteiger charge is 2.72. The molecule has 2 saturated heterocycles. The fraction of sp³-hybridized carbons (Fsp3) is 0.579. The van der Waals surface area contributed by atoms with Gasteiger partial charge in [-0.15, -0.1) is 0 Å². The summed E-state index contributed by atoms with van der Waals surface area (Å²) in [6.45, 7) is 2.14. The summed E-state index contributed by atoms with van der Waals surface area (Å²) in [6.07, 6.45) is 7.42. The number of fused-ring (bicyclic) bond motifs is 1. The summed E-state index contributed by atoms with van der Waals surface area (Å²) >= 11 is 0. The molecule has 2 unspecified atom stereocenters. The molecule has 24 heavy (non-hydrogen) atoms. The Labute approximate surface area is 141 Å².